The maximum absolute atomic E-state index is 5.02. The van der Waals surface area contributed by atoms with Gasteiger partial charge in [-0.1, -0.05) is 5.16 Å². The second-order valence-electron chi connectivity index (χ2n) is 5.27. The van der Waals surface area contributed by atoms with Gasteiger partial charge in [-0.2, -0.15) is 16.3 Å². The molecule has 108 valence electrons. The minimum atomic E-state index is 0.510. The molecule has 2 aromatic heterocycles. The molecule has 0 spiro atoms. The van der Waals surface area contributed by atoms with Crippen molar-refractivity contribution in [2.75, 3.05) is 26.2 Å². The normalized spacial score (nSPS) is 19.3. The highest BCUT2D eigenvalue weighted by Gasteiger charge is 2.23. The van der Waals surface area contributed by atoms with E-state index >= 15 is 0 Å². The van der Waals surface area contributed by atoms with Gasteiger partial charge in [0.1, 0.15) is 0 Å². The van der Waals surface area contributed by atoms with Crippen molar-refractivity contribution in [3.8, 4) is 0 Å². The monoisotopic (exact) mass is 292 g/mol. The van der Waals surface area contributed by atoms with Crippen molar-refractivity contribution in [1.82, 2.24) is 19.9 Å². The van der Waals surface area contributed by atoms with Crippen LogP contribution in [0.1, 0.15) is 30.2 Å². The summed E-state index contributed by atoms with van der Waals surface area (Å²) >= 11 is 1.77. The van der Waals surface area contributed by atoms with E-state index in [-0.39, 0.29) is 0 Å². The number of nitrogens with zero attached hydrogens (tertiary/aromatic N) is 4. The SMILES string of the molecule is Cc1nc(CN2CCN(C(C)c3ccsc3)CC2)no1. The van der Waals surface area contributed by atoms with E-state index in [4.69, 9.17) is 4.52 Å². The number of aryl methyl sites for hydroxylation is 1. The standard InChI is InChI=1S/C14H20N4OS/c1-11(13-3-8-20-10-13)18-6-4-17(5-7-18)9-14-15-12(2)19-16-14/h3,8,10-11H,4-7,9H2,1-2H3. The van der Waals surface area contributed by atoms with Crippen molar-refractivity contribution in [3.05, 3.63) is 34.1 Å². The summed E-state index contributed by atoms with van der Waals surface area (Å²) in [6.07, 6.45) is 0. The van der Waals surface area contributed by atoms with Crippen LogP contribution in [0.2, 0.25) is 0 Å². The van der Waals surface area contributed by atoms with Crippen LogP contribution >= 0.6 is 11.3 Å². The predicted octanol–water partition coefficient (Wildman–Crippen LogP) is 2.32. The molecule has 0 aromatic carbocycles. The van der Waals surface area contributed by atoms with E-state index in [9.17, 15) is 0 Å². The minimum absolute atomic E-state index is 0.510. The molecule has 0 saturated carbocycles. The molecule has 0 aliphatic carbocycles. The van der Waals surface area contributed by atoms with Gasteiger partial charge in [0.15, 0.2) is 5.82 Å². The molecule has 0 radical (unpaired) electrons. The summed E-state index contributed by atoms with van der Waals surface area (Å²) in [6, 6.07) is 2.74. The molecule has 0 amide bonds. The largest absolute Gasteiger partial charge is 0.340 e. The molecule has 1 aliphatic heterocycles. The van der Waals surface area contributed by atoms with Crippen LogP contribution < -0.4 is 0 Å². The third-order valence-corrected chi connectivity index (χ3v) is 4.62. The van der Waals surface area contributed by atoms with Crippen LogP contribution in [-0.2, 0) is 6.54 Å². The van der Waals surface area contributed by atoms with Crippen LogP contribution in [0, 0.1) is 6.92 Å². The molecule has 1 unspecified atom stereocenters. The van der Waals surface area contributed by atoms with Crippen LogP contribution in [0.3, 0.4) is 0 Å². The first-order valence-corrected chi connectivity index (χ1v) is 7.94. The van der Waals surface area contributed by atoms with Crippen molar-refractivity contribution < 1.29 is 4.52 Å². The highest BCUT2D eigenvalue weighted by molar-refractivity contribution is 7.07. The van der Waals surface area contributed by atoms with E-state index in [2.05, 4.69) is 43.7 Å². The fraction of sp³-hybridized carbons (Fsp3) is 0.571. The smallest absolute Gasteiger partial charge is 0.223 e. The second kappa shape index (κ2) is 6.03. The molecule has 3 heterocycles. The Hall–Kier alpha value is -1.24. The summed E-state index contributed by atoms with van der Waals surface area (Å²) in [6.45, 7) is 9.21. The van der Waals surface area contributed by atoms with Crippen LogP contribution in [0.4, 0.5) is 0 Å². The highest BCUT2D eigenvalue weighted by Crippen LogP contribution is 2.23. The van der Waals surface area contributed by atoms with Crippen LogP contribution in [0.25, 0.3) is 0 Å². The van der Waals surface area contributed by atoms with E-state index < -0.39 is 0 Å². The Morgan fingerprint density at radius 1 is 1.35 bits per heavy atom. The van der Waals surface area contributed by atoms with Crippen molar-refractivity contribution >= 4 is 11.3 Å². The first-order chi connectivity index (χ1) is 9.72. The summed E-state index contributed by atoms with van der Waals surface area (Å²) in [7, 11) is 0. The van der Waals surface area contributed by atoms with Gasteiger partial charge in [0.25, 0.3) is 0 Å². The zero-order chi connectivity index (χ0) is 13.9. The van der Waals surface area contributed by atoms with E-state index in [1.807, 2.05) is 6.92 Å². The van der Waals surface area contributed by atoms with Gasteiger partial charge < -0.3 is 4.52 Å². The molecule has 6 heteroatoms. The number of hydrogen-bond acceptors (Lipinski definition) is 6. The number of aromatic nitrogens is 2. The maximum atomic E-state index is 5.02. The summed E-state index contributed by atoms with van der Waals surface area (Å²) in [5.41, 5.74) is 1.43. The summed E-state index contributed by atoms with van der Waals surface area (Å²) in [5.74, 6) is 1.44. The Labute approximate surface area is 123 Å². The first kappa shape index (κ1) is 13.7. The van der Waals surface area contributed by atoms with Crippen molar-refractivity contribution in [2.45, 2.75) is 26.4 Å². The average molecular weight is 292 g/mol. The summed E-state index contributed by atoms with van der Waals surface area (Å²) in [5, 5.41) is 8.37. The van der Waals surface area contributed by atoms with Crippen LogP contribution in [0.5, 0.6) is 0 Å². The number of hydrogen-bond donors (Lipinski definition) is 0. The first-order valence-electron chi connectivity index (χ1n) is 7.00. The molecule has 1 atom stereocenters. The number of piperazine rings is 1. The van der Waals surface area contributed by atoms with E-state index in [0.29, 0.717) is 11.9 Å². The lowest BCUT2D eigenvalue weighted by atomic mass is 10.1. The molecule has 5 nitrogen and oxygen atoms in total. The molecule has 1 aliphatic rings. The van der Waals surface area contributed by atoms with E-state index in [1.54, 1.807) is 11.3 Å². The molecular formula is C14H20N4OS. The van der Waals surface area contributed by atoms with Gasteiger partial charge in [0.05, 0.1) is 6.54 Å². The summed E-state index contributed by atoms with van der Waals surface area (Å²) in [4.78, 5) is 9.20. The third kappa shape index (κ3) is 3.08. The fourth-order valence-corrected chi connectivity index (χ4v) is 3.38. The Balaban J connectivity index is 1.52. The van der Waals surface area contributed by atoms with Gasteiger partial charge in [-0.05, 0) is 29.3 Å². The topological polar surface area (TPSA) is 45.4 Å². The lowest BCUT2D eigenvalue weighted by molar-refractivity contribution is 0.0958. The Kier molecular flexibility index (Phi) is 4.14. The van der Waals surface area contributed by atoms with Gasteiger partial charge in [-0.3, -0.25) is 9.80 Å². The van der Waals surface area contributed by atoms with E-state index in [0.717, 1.165) is 38.5 Å². The molecule has 3 rings (SSSR count). The van der Waals surface area contributed by atoms with Gasteiger partial charge in [0, 0.05) is 39.1 Å². The zero-order valence-corrected chi connectivity index (χ0v) is 12.8. The molecule has 20 heavy (non-hydrogen) atoms. The quantitative estimate of drug-likeness (QED) is 0.865. The third-order valence-electron chi connectivity index (χ3n) is 3.91. The Bertz CT molecular complexity index is 531. The molecule has 1 saturated heterocycles. The number of rotatable bonds is 4. The van der Waals surface area contributed by atoms with Crippen LogP contribution in [0.15, 0.2) is 21.3 Å². The Morgan fingerprint density at radius 2 is 2.15 bits per heavy atom. The zero-order valence-electron chi connectivity index (χ0n) is 12.0. The van der Waals surface area contributed by atoms with Crippen molar-refractivity contribution in [3.63, 3.8) is 0 Å². The van der Waals surface area contributed by atoms with Crippen molar-refractivity contribution in [2.24, 2.45) is 0 Å². The second-order valence-corrected chi connectivity index (χ2v) is 6.05. The predicted molar refractivity (Wildman–Crippen MR) is 78.6 cm³/mol. The highest BCUT2D eigenvalue weighted by atomic mass is 32.1. The minimum Gasteiger partial charge on any atom is -0.340 e. The summed E-state index contributed by atoms with van der Waals surface area (Å²) < 4.78 is 5.02. The lowest BCUT2D eigenvalue weighted by Crippen LogP contribution is -2.46. The molecular weight excluding hydrogens is 272 g/mol. The van der Waals surface area contributed by atoms with Gasteiger partial charge in [-0.15, -0.1) is 0 Å². The molecule has 2 aromatic rings. The van der Waals surface area contributed by atoms with Gasteiger partial charge >= 0.3 is 0 Å². The van der Waals surface area contributed by atoms with Gasteiger partial charge in [-0.25, -0.2) is 0 Å². The molecule has 1 fully saturated rings. The van der Waals surface area contributed by atoms with E-state index in [1.165, 1.54) is 5.56 Å². The van der Waals surface area contributed by atoms with Gasteiger partial charge in [0.2, 0.25) is 5.89 Å². The Morgan fingerprint density at radius 3 is 2.75 bits per heavy atom. The number of thiophene rings is 1. The maximum Gasteiger partial charge on any atom is 0.223 e. The average Bonchev–Trinajstić information content (AvgIpc) is 3.11. The lowest BCUT2D eigenvalue weighted by Gasteiger charge is -2.37. The van der Waals surface area contributed by atoms with Crippen LogP contribution in [-0.4, -0.2) is 46.1 Å². The molecule has 0 N–H and O–H groups in total. The molecule has 0 bridgehead atoms. The van der Waals surface area contributed by atoms with Crippen molar-refractivity contribution in [1.29, 1.82) is 0 Å². The fourth-order valence-electron chi connectivity index (χ4n) is 2.64.